The van der Waals surface area contributed by atoms with Crippen LogP contribution in [-0.4, -0.2) is 0 Å². The first-order chi connectivity index (χ1) is 3.19. The molecule has 0 aromatic carbocycles. The van der Waals surface area contributed by atoms with Crippen LogP contribution >= 0.6 is 0 Å². The minimum Gasteiger partial charge on any atom is -0.197 e. The quantitative estimate of drug-likeness (QED) is 0.416. The van der Waals surface area contributed by atoms with E-state index in [2.05, 4.69) is 6.07 Å². The average Bonchev–Trinajstić information content (AvgIpc) is 2.18. The number of rotatable bonds is 0. The summed E-state index contributed by atoms with van der Waals surface area (Å²) in [5.41, 5.74) is 1.05. The summed E-state index contributed by atoms with van der Waals surface area (Å²) in [6, 6.07) is 2.17. The summed E-state index contributed by atoms with van der Waals surface area (Å²) < 4.78 is 0. The Morgan fingerprint density at radius 2 is 2.29 bits per heavy atom. The van der Waals surface area contributed by atoms with Crippen molar-refractivity contribution in [2.75, 3.05) is 0 Å². The van der Waals surface area contributed by atoms with Crippen molar-refractivity contribution < 1.29 is 0 Å². The molecule has 0 aromatic heterocycles. The molecule has 0 spiro atoms. The van der Waals surface area contributed by atoms with Gasteiger partial charge in [0, 0.05) is 0 Å². The first-order valence-corrected chi connectivity index (χ1v) is 2.30. The van der Waals surface area contributed by atoms with E-state index >= 15 is 0 Å². The normalized spacial score (nSPS) is 36.4. The summed E-state index contributed by atoms with van der Waals surface area (Å²) in [4.78, 5) is 0. The molecular formula is C6H7N. The molecule has 7 heavy (non-hydrogen) atoms. The van der Waals surface area contributed by atoms with E-state index in [1.54, 1.807) is 0 Å². The minimum absolute atomic E-state index is 0.153. The Morgan fingerprint density at radius 1 is 1.86 bits per heavy atom. The topological polar surface area (TPSA) is 23.8 Å². The Morgan fingerprint density at radius 3 is 2.29 bits per heavy atom. The summed E-state index contributed by atoms with van der Waals surface area (Å²) in [6.45, 7) is 3.89. The van der Waals surface area contributed by atoms with Gasteiger partial charge in [0.25, 0.3) is 0 Å². The molecule has 0 heterocycles. The van der Waals surface area contributed by atoms with Crippen LogP contribution in [0.4, 0.5) is 0 Å². The van der Waals surface area contributed by atoms with Gasteiger partial charge in [-0.3, -0.25) is 0 Å². The largest absolute Gasteiger partial charge is 0.197 e. The predicted octanol–water partition coefficient (Wildman–Crippen LogP) is 1.48. The van der Waals surface area contributed by atoms with Crippen LogP contribution in [0.1, 0.15) is 13.8 Å². The van der Waals surface area contributed by atoms with Gasteiger partial charge in [0.15, 0.2) is 0 Å². The van der Waals surface area contributed by atoms with Crippen LogP contribution in [0.25, 0.3) is 0 Å². The van der Waals surface area contributed by atoms with Gasteiger partial charge in [0.2, 0.25) is 0 Å². The Balaban J connectivity index is 2.64. The molecule has 1 rings (SSSR count). The fraction of sp³-hybridized carbons (Fsp3) is 0.500. The highest BCUT2D eigenvalue weighted by molar-refractivity contribution is 5.43. The van der Waals surface area contributed by atoms with Gasteiger partial charge in [-0.15, -0.1) is 0 Å². The van der Waals surface area contributed by atoms with Crippen molar-refractivity contribution in [3.05, 3.63) is 11.6 Å². The van der Waals surface area contributed by atoms with Crippen molar-refractivity contribution >= 4 is 0 Å². The molecular weight excluding hydrogens is 86.1 g/mol. The van der Waals surface area contributed by atoms with Crippen molar-refractivity contribution in [2.24, 2.45) is 5.41 Å². The van der Waals surface area contributed by atoms with Crippen LogP contribution in [0.3, 0.4) is 0 Å². The number of nitriles is 1. The second-order valence-corrected chi connectivity index (χ2v) is 2.14. The van der Waals surface area contributed by atoms with Gasteiger partial charge in [0.05, 0.1) is 11.5 Å². The Bertz CT molecular complexity index is 162. The van der Waals surface area contributed by atoms with Crippen LogP contribution in [0.2, 0.25) is 0 Å². The standard InChI is InChI=1S/C6H7N/c1-5-3-6(5,2)4-7/h3H,1-2H3. The van der Waals surface area contributed by atoms with Gasteiger partial charge >= 0.3 is 0 Å². The van der Waals surface area contributed by atoms with Gasteiger partial charge < -0.3 is 0 Å². The van der Waals surface area contributed by atoms with Crippen molar-refractivity contribution in [1.29, 1.82) is 5.26 Å². The number of hydrogen-bond donors (Lipinski definition) is 0. The predicted molar refractivity (Wildman–Crippen MR) is 27.5 cm³/mol. The lowest BCUT2D eigenvalue weighted by molar-refractivity contribution is 0.817. The van der Waals surface area contributed by atoms with Crippen molar-refractivity contribution in [1.82, 2.24) is 0 Å². The minimum atomic E-state index is -0.153. The SMILES string of the molecule is CC1=CC1(C)C#N. The monoisotopic (exact) mass is 93.1 g/mol. The first kappa shape index (κ1) is 4.39. The Labute approximate surface area is 43.3 Å². The van der Waals surface area contributed by atoms with E-state index < -0.39 is 0 Å². The lowest BCUT2D eigenvalue weighted by Gasteiger charge is -1.91. The van der Waals surface area contributed by atoms with E-state index in [0.29, 0.717) is 0 Å². The molecule has 0 aliphatic heterocycles. The third-order valence-electron chi connectivity index (χ3n) is 1.47. The van der Waals surface area contributed by atoms with Gasteiger partial charge in [-0.05, 0) is 13.8 Å². The third kappa shape index (κ3) is 0.433. The second-order valence-electron chi connectivity index (χ2n) is 2.14. The van der Waals surface area contributed by atoms with E-state index in [9.17, 15) is 0 Å². The highest BCUT2D eigenvalue weighted by atomic mass is 14.4. The number of allylic oxidation sites excluding steroid dienone is 2. The van der Waals surface area contributed by atoms with Crippen LogP contribution in [0.5, 0.6) is 0 Å². The molecule has 1 heteroatoms. The van der Waals surface area contributed by atoms with E-state index in [1.165, 1.54) is 5.57 Å². The van der Waals surface area contributed by atoms with Gasteiger partial charge in [-0.2, -0.15) is 5.26 Å². The van der Waals surface area contributed by atoms with E-state index in [0.717, 1.165) is 0 Å². The molecule has 0 bridgehead atoms. The van der Waals surface area contributed by atoms with Crippen molar-refractivity contribution in [3.8, 4) is 6.07 Å². The molecule has 1 atom stereocenters. The molecule has 1 unspecified atom stereocenters. The first-order valence-electron chi connectivity index (χ1n) is 2.30. The molecule has 1 nitrogen and oxygen atoms in total. The molecule has 1 aliphatic rings. The summed E-state index contributed by atoms with van der Waals surface area (Å²) in [5.74, 6) is 0. The molecule has 0 fully saturated rings. The van der Waals surface area contributed by atoms with Gasteiger partial charge in [-0.25, -0.2) is 0 Å². The molecule has 0 saturated carbocycles. The highest BCUT2D eigenvalue weighted by Crippen LogP contribution is 2.41. The Kier molecular flexibility index (Phi) is 0.561. The molecule has 36 valence electrons. The van der Waals surface area contributed by atoms with Crippen LogP contribution in [0, 0.1) is 16.7 Å². The van der Waals surface area contributed by atoms with Crippen LogP contribution < -0.4 is 0 Å². The molecule has 0 radical (unpaired) electrons. The van der Waals surface area contributed by atoms with Crippen molar-refractivity contribution in [2.45, 2.75) is 13.8 Å². The maximum atomic E-state index is 8.33. The van der Waals surface area contributed by atoms with Crippen LogP contribution in [-0.2, 0) is 0 Å². The lowest BCUT2D eigenvalue weighted by Crippen LogP contribution is -1.89. The summed E-state index contributed by atoms with van der Waals surface area (Å²) in [7, 11) is 0. The molecule has 0 aromatic rings. The zero-order valence-electron chi connectivity index (χ0n) is 4.52. The van der Waals surface area contributed by atoms with E-state index in [1.807, 2.05) is 19.9 Å². The average molecular weight is 93.1 g/mol. The van der Waals surface area contributed by atoms with Gasteiger partial charge in [-0.1, -0.05) is 11.6 Å². The maximum absolute atomic E-state index is 8.33. The third-order valence-corrected chi connectivity index (χ3v) is 1.47. The number of nitrogens with zero attached hydrogens (tertiary/aromatic N) is 1. The molecule has 0 amide bonds. The summed E-state index contributed by atoms with van der Waals surface area (Å²) in [5, 5.41) is 8.33. The molecule has 1 aliphatic carbocycles. The van der Waals surface area contributed by atoms with E-state index in [-0.39, 0.29) is 5.41 Å². The molecule has 0 saturated heterocycles. The fourth-order valence-corrected chi connectivity index (χ4v) is 0.517. The number of hydrogen-bond acceptors (Lipinski definition) is 1. The van der Waals surface area contributed by atoms with Gasteiger partial charge in [0.1, 0.15) is 0 Å². The highest BCUT2D eigenvalue weighted by Gasteiger charge is 2.35. The lowest BCUT2D eigenvalue weighted by atomic mass is 10.1. The summed E-state index contributed by atoms with van der Waals surface area (Å²) >= 11 is 0. The zero-order chi connectivity index (χ0) is 5.49. The maximum Gasteiger partial charge on any atom is 0.0935 e. The zero-order valence-corrected chi connectivity index (χ0v) is 4.52. The smallest absolute Gasteiger partial charge is 0.0935 e. The fourth-order valence-electron chi connectivity index (χ4n) is 0.517. The second kappa shape index (κ2) is 0.894. The van der Waals surface area contributed by atoms with E-state index in [4.69, 9.17) is 5.26 Å². The van der Waals surface area contributed by atoms with Crippen LogP contribution in [0.15, 0.2) is 11.6 Å². The Hall–Kier alpha value is -0.770. The van der Waals surface area contributed by atoms with Crippen molar-refractivity contribution in [3.63, 3.8) is 0 Å². The summed E-state index contributed by atoms with van der Waals surface area (Å²) in [6.07, 6.45) is 1.97. The molecule has 0 N–H and O–H groups in total.